The lowest BCUT2D eigenvalue weighted by Gasteiger charge is -2.14. The molecule has 2 aromatic rings. The highest BCUT2D eigenvalue weighted by Gasteiger charge is 2.31. The summed E-state index contributed by atoms with van der Waals surface area (Å²) in [5.74, 6) is -0.550. The number of benzene rings is 2. The molecule has 1 unspecified atom stereocenters. The molecule has 2 aromatic carbocycles. The summed E-state index contributed by atoms with van der Waals surface area (Å²) in [6.45, 7) is 1.88. The summed E-state index contributed by atoms with van der Waals surface area (Å²) in [4.78, 5) is 12.0. The average molecular weight is 335 g/mol. The first-order valence-electron chi connectivity index (χ1n) is 6.17. The molecule has 0 aliphatic carbocycles. The van der Waals surface area contributed by atoms with Gasteiger partial charge in [-0.25, -0.2) is 4.39 Å². The van der Waals surface area contributed by atoms with E-state index in [1.165, 1.54) is 6.07 Å². The molecular formula is C15H12BrFN2O. The molecular weight excluding hydrogens is 323 g/mol. The van der Waals surface area contributed by atoms with Gasteiger partial charge in [0.05, 0.1) is 5.69 Å². The van der Waals surface area contributed by atoms with Crippen LogP contribution in [0.25, 0.3) is 0 Å². The Morgan fingerprint density at radius 2 is 2.05 bits per heavy atom. The van der Waals surface area contributed by atoms with E-state index >= 15 is 0 Å². The van der Waals surface area contributed by atoms with Crippen LogP contribution in [0.2, 0.25) is 0 Å². The standard InChI is InChI=1S/C15H12BrFN2O/c1-8-2-4-11(17)13(6-8)18-14-10-7-9(16)3-5-12(10)19-15(14)20/h2-7,14,18H,1H3,(H,19,20). The topological polar surface area (TPSA) is 41.1 Å². The minimum Gasteiger partial charge on any atom is -0.368 e. The molecule has 1 heterocycles. The van der Waals surface area contributed by atoms with Crippen LogP contribution in [0, 0.1) is 12.7 Å². The van der Waals surface area contributed by atoms with E-state index in [1.54, 1.807) is 12.1 Å². The van der Waals surface area contributed by atoms with Gasteiger partial charge in [-0.1, -0.05) is 22.0 Å². The van der Waals surface area contributed by atoms with Crippen molar-refractivity contribution >= 4 is 33.2 Å². The van der Waals surface area contributed by atoms with Crippen molar-refractivity contribution in [1.29, 1.82) is 0 Å². The number of amides is 1. The summed E-state index contributed by atoms with van der Waals surface area (Å²) in [5.41, 5.74) is 2.83. The van der Waals surface area contributed by atoms with Crippen molar-refractivity contribution in [3.05, 3.63) is 57.8 Å². The summed E-state index contributed by atoms with van der Waals surface area (Å²) < 4.78 is 14.7. The normalized spacial score (nSPS) is 16.8. The fourth-order valence-electron chi connectivity index (χ4n) is 2.28. The van der Waals surface area contributed by atoms with Gasteiger partial charge in [0, 0.05) is 15.7 Å². The highest BCUT2D eigenvalue weighted by molar-refractivity contribution is 9.10. The molecule has 5 heteroatoms. The molecule has 0 bridgehead atoms. The third-order valence-electron chi connectivity index (χ3n) is 3.27. The van der Waals surface area contributed by atoms with Gasteiger partial charge in [-0.05, 0) is 42.8 Å². The Kier molecular flexibility index (Phi) is 3.22. The zero-order valence-corrected chi connectivity index (χ0v) is 12.3. The molecule has 1 aliphatic heterocycles. The monoisotopic (exact) mass is 334 g/mol. The summed E-state index contributed by atoms with van der Waals surface area (Å²) >= 11 is 3.38. The van der Waals surface area contributed by atoms with Crippen LogP contribution < -0.4 is 10.6 Å². The van der Waals surface area contributed by atoms with Gasteiger partial charge in [-0.3, -0.25) is 4.79 Å². The lowest BCUT2D eigenvalue weighted by atomic mass is 10.1. The number of anilines is 2. The quantitative estimate of drug-likeness (QED) is 0.871. The maximum atomic E-state index is 13.8. The number of aryl methyl sites for hydroxylation is 1. The Hall–Kier alpha value is -1.88. The number of fused-ring (bicyclic) bond motifs is 1. The van der Waals surface area contributed by atoms with Gasteiger partial charge in [0.25, 0.3) is 5.91 Å². The minimum absolute atomic E-state index is 0.181. The Balaban J connectivity index is 1.97. The van der Waals surface area contributed by atoms with Crippen molar-refractivity contribution in [2.45, 2.75) is 13.0 Å². The van der Waals surface area contributed by atoms with E-state index < -0.39 is 6.04 Å². The van der Waals surface area contributed by atoms with Gasteiger partial charge in [-0.2, -0.15) is 0 Å². The second kappa shape index (κ2) is 4.90. The van der Waals surface area contributed by atoms with Crippen molar-refractivity contribution < 1.29 is 9.18 Å². The van der Waals surface area contributed by atoms with Crippen LogP contribution in [0.1, 0.15) is 17.2 Å². The molecule has 1 amide bonds. The van der Waals surface area contributed by atoms with Crippen molar-refractivity contribution in [2.75, 3.05) is 10.6 Å². The highest BCUT2D eigenvalue weighted by Crippen LogP contribution is 2.35. The molecule has 20 heavy (non-hydrogen) atoms. The first kappa shape index (κ1) is 13.1. The zero-order valence-electron chi connectivity index (χ0n) is 10.7. The maximum Gasteiger partial charge on any atom is 0.251 e. The largest absolute Gasteiger partial charge is 0.368 e. The van der Waals surface area contributed by atoms with Gasteiger partial charge < -0.3 is 10.6 Å². The predicted molar refractivity (Wildman–Crippen MR) is 80.3 cm³/mol. The van der Waals surface area contributed by atoms with Crippen LogP contribution >= 0.6 is 15.9 Å². The Bertz CT molecular complexity index is 702. The molecule has 0 aromatic heterocycles. The van der Waals surface area contributed by atoms with Crippen LogP contribution in [-0.2, 0) is 4.79 Å². The van der Waals surface area contributed by atoms with E-state index in [-0.39, 0.29) is 11.7 Å². The molecule has 3 rings (SSSR count). The van der Waals surface area contributed by atoms with Crippen molar-refractivity contribution in [1.82, 2.24) is 0 Å². The molecule has 102 valence electrons. The van der Waals surface area contributed by atoms with E-state index in [0.717, 1.165) is 21.3 Å². The summed E-state index contributed by atoms with van der Waals surface area (Å²) in [5, 5.41) is 5.76. The Morgan fingerprint density at radius 1 is 1.25 bits per heavy atom. The fraction of sp³-hybridized carbons (Fsp3) is 0.133. The van der Waals surface area contributed by atoms with Crippen molar-refractivity contribution in [3.8, 4) is 0 Å². The average Bonchev–Trinajstić information content (AvgIpc) is 2.70. The van der Waals surface area contributed by atoms with Gasteiger partial charge in [0.15, 0.2) is 0 Å². The number of carbonyl (C=O) groups is 1. The van der Waals surface area contributed by atoms with E-state index in [2.05, 4.69) is 26.6 Å². The number of carbonyl (C=O) groups excluding carboxylic acids is 1. The van der Waals surface area contributed by atoms with Crippen LogP contribution in [0.3, 0.4) is 0 Å². The van der Waals surface area contributed by atoms with Crippen molar-refractivity contribution in [3.63, 3.8) is 0 Å². The van der Waals surface area contributed by atoms with E-state index in [1.807, 2.05) is 25.1 Å². The summed E-state index contributed by atoms with van der Waals surface area (Å²) in [6.07, 6.45) is 0. The summed E-state index contributed by atoms with van der Waals surface area (Å²) in [6, 6.07) is 9.74. The molecule has 0 saturated carbocycles. The lowest BCUT2D eigenvalue weighted by Crippen LogP contribution is -2.20. The maximum absolute atomic E-state index is 13.8. The van der Waals surface area contributed by atoms with Gasteiger partial charge in [0.2, 0.25) is 0 Å². The molecule has 0 spiro atoms. The molecule has 2 N–H and O–H groups in total. The Morgan fingerprint density at radius 3 is 2.85 bits per heavy atom. The molecule has 0 saturated heterocycles. The highest BCUT2D eigenvalue weighted by atomic mass is 79.9. The van der Waals surface area contributed by atoms with Crippen molar-refractivity contribution in [2.24, 2.45) is 0 Å². The van der Waals surface area contributed by atoms with E-state index in [4.69, 9.17) is 0 Å². The van der Waals surface area contributed by atoms with Gasteiger partial charge in [-0.15, -0.1) is 0 Å². The van der Waals surface area contributed by atoms with Gasteiger partial charge in [0.1, 0.15) is 11.9 Å². The first-order valence-corrected chi connectivity index (χ1v) is 6.97. The lowest BCUT2D eigenvalue weighted by molar-refractivity contribution is -0.116. The number of hydrogen-bond acceptors (Lipinski definition) is 2. The second-order valence-corrected chi connectivity index (χ2v) is 5.70. The molecule has 0 fully saturated rings. The SMILES string of the molecule is Cc1ccc(F)c(NC2C(=O)Nc3ccc(Br)cc32)c1. The van der Waals surface area contributed by atoms with Crippen LogP contribution in [0.15, 0.2) is 40.9 Å². The van der Waals surface area contributed by atoms with E-state index in [0.29, 0.717) is 5.69 Å². The predicted octanol–water partition coefficient (Wildman–Crippen LogP) is 4.00. The molecule has 1 atom stereocenters. The number of halogens is 2. The smallest absolute Gasteiger partial charge is 0.251 e. The second-order valence-electron chi connectivity index (χ2n) is 4.78. The van der Waals surface area contributed by atoms with Gasteiger partial charge >= 0.3 is 0 Å². The Labute approximate surface area is 124 Å². The molecule has 1 aliphatic rings. The third-order valence-corrected chi connectivity index (χ3v) is 3.76. The van der Waals surface area contributed by atoms with Crippen LogP contribution in [0.4, 0.5) is 15.8 Å². The summed E-state index contributed by atoms with van der Waals surface area (Å²) in [7, 11) is 0. The number of nitrogens with one attached hydrogen (secondary N) is 2. The molecule has 0 radical (unpaired) electrons. The molecule has 3 nitrogen and oxygen atoms in total. The first-order chi connectivity index (χ1) is 9.54. The minimum atomic E-state index is -0.584. The zero-order chi connectivity index (χ0) is 14.3. The van der Waals surface area contributed by atoms with Crippen LogP contribution in [-0.4, -0.2) is 5.91 Å². The number of rotatable bonds is 2. The fourth-order valence-corrected chi connectivity index (χ4v) is 2.66. The number of hydrogen-bond donors (Lipinski definition) is 2. The third kappa shape index (κ3) is 2.29. The van der Waals surface area contributed by atoms with E-state index in [9.17, 15) is 9.18 Å². The van der Waals surface area contributed by atoms with Crippen LogP contribution in [0.5, 0.6) is 0 Å².